The van der Waals surface area contributed by atoms with E-state index in [0.717, 1.165) is 48.9 Å². The SMILES string of the molecule is Cc1ccc(Cn2cc(C(=O)NC3CCNCC3)c3ccccc32)cc1. The molecule has 4 heteroatoms. The minimum Gasteiger partial charge on any atom is -0.349 e. The number of para-hydroxylation sites is 1. The number of rotatable bonds is 4. The summed E-state index contributed by atoms with van der Waals surface area (Å²) in [4.78, 5) is 12.9. The molecule has 0 spiro atoms. The van der Waals surface area contributed by atoms with Crippen molar-refractivity contribution in [2.24, 2.45) is 0 Å². The second-order valence-corrected chi connectivity index (χ2v) is 7.17. The van der Waals surface area contributed by atoms with Gasteiger partial charge >= 0.3 is 0 Å². The van der Waals surface area contributed by atoms with Gasteiger partial charge in [0.1, 0.15) is 0 Å². The molecule has 0 radical (unpaired) electrons. The molecule has 1 aromatic heterocycles. The Kier molecular flexibility index (Phi) is 4.76. The predicted molar refractivity (Wildman–Crippen MR) is 106 cm³/mol. The molecule has 4 nitrogen and oxygen atoms in total. The molecule has 2 N–H and O–H groups in total. The molecule has 4 rings (SSSR count). The van der Waals surface area contributed by atoms with E-state index in [2.05, 4.69) is 52.5 Å². The number of piperidine rings is 1. The Bertz CT molecular complexity index is 905. The Balaban J connectivity index is 1.62. The van der Waals surface area contributed by atoms with Crippen LogP contribution in [0.5, 0.6) is 0 Å². The molecule has 3 aromatic rings. The Hall–Kier alpha value is -2.59. The highest BCUT2D eigenvalue weighted by Gasteiger charge is 2.19. The molecule has 1 aliphatic rings. The maximum Gasteiger partial charge on any atom is 0.253 e. The zero-order valence-electron chi connectivity index (χ0n) is 15.2. The van der Waals surface area contributed by atoms with Gasteiger partial charge in [0, 0.05) is 29.7 Å². The largest absolute Gasteiger partial charge is 0.349 e. The number of hydrogen-bond acceptors (Lipinski definition) is 2. The van der Waals surface area contributed by atoms with Gasteiger partial charge in [0.15, 0.2) is 0 Å². The van der Waals surface area contributed by atoms with E-state index in [1.807, 2.05) is 24.4 Å². The van der Waals surface area contributed by atoms with Crippen molar-refractivity contribution in [1.82, 2.24) is 15.2 Å². The molecule has 26 heavy (non-hydrogen) atoms. The van der Waals surface area contributed by atoms with Crippen LogP contribution in [0.2, 0.25) is 0 Å². The average molecular weight is 347 g/mol. The normalized spacial score (nSPS) is 15.3. The molecule has 2 heterocycles. The second kappa shape index (κ2) is 7.34. The maximum absolute atomic E-state index is 12.9. The summed E-state index contributed by atoms with van der Waals surface area (Å²) in [6.07, 6.45) is 3.99. The fourth-order valence-electron chi connectivity index (χ4n) is 3.68. The van der Waals surface area contributed by atoms with Gasteiger partial charge in [-0.15, -0.1) is 0 Å². The minimum atomic E-state index is 0.0377. The van der Waals surface area contributed by atoms with Gasteiger partial charge in [-0.25, -0.2) is 0 Å². The number of carbonyl (C=O) groups excluding carboxylic acids is 1. The first-order chi connectivity index (χ1) is 12.7. The van der Waals surface area contributed by atoms with Gasteiger partial charge in [0.2, 0.25) is 0 Å². The lowest BCUT2D eigenvalue weighted by Crippen LogP contribution is -2.42. The van der Waals surface area contributed by atoms with Gasteiger partial charge in [-0.2, -0.15) is 0 Å². The van der Waals surface area contributed by atoms with Crippen LogP contribution in [0.25, 0.3) is 10.9 Å². The third-order valence-electron chi connectivity index (χ3n) is 5.18. The Morgan fingerprint density at radius 3 is 2.62 bits per heavy atom. The summed E-state index contributed by atoms with van der Waals surface area (Å²) in [5.74, 6) is 0.0377. The van der Waals surface area contributed by atoms with E-state index in [0.29, 0.717) is 0 Å². The number of aryl methyl sites for hydroxylation is 1. The summed E-state index contributed by atoms with van der Waals surface area (Å²) in [6, 6.07) is 17.0. The van der Waals surface area contributed by atoms with Gasteiger partial charge in [-0.3, -0.25) is 4.79 Å². The molecule has 2 aromatic carbocycles. The van der Waals surface area contributed by atoms with Crippen molar-refractivity contribution in [3.63, 3.8) is 0 Å². The summed E-state index contributed by atoms with van der Waals surface area (Å²) < 4.78 is 2.18. The van der Waals surface area contributed by atoms with Crippen molar-refractivity contribution < 1.29 is 4.79 Å². The van der Waals surface area contributed by atoms with E-state index in [4.69, 9.17) is 0 Å². The number of nitrogens with one attached hydrogen (secondary N) is 2. The topological polar surface area (TPSA) is 46.1 Å². The van der Waals surface area contributed by atoms with Crippen molar-refractivity contribution in [2.45, 2.75) is 32.4 Å². The number of hydrogen-bond donors (Lipinski definition) is 2. The van der Waals surface area contributed by atoms with Crippen molar-refractivity contribution in [1.29, 1.82) is 0 Å². The molecule has 1 amide bonds. The number of fused-ring (bicyclic) bond motifs is 1. The number of amides is 1. The van der Waals surface area contributed by atoms with Gasteiger partial charge in [-0.1, -0.05) is 48.0 Å². The van der Waals surface area contributed by atoms with E-state index in [1.54, 1.807) is 0 Å². The Morgan fingerprint density at radius 2 is 1.85 bits per heavy atom. The smallest absolute Gasteiger partial charge is 0.253 e. The first-order valence-electron chi connectivity index (χ1n) is 9.36. The van der Waals surface area contributed by atoms with Gasteiger partial charge in [-0.05, 0) is 44.5 Å². The molecule has 134 valence electrons. The molecule has 1 fully saturated rings. The van der Waals surface area contributed by atoms with Crippen LogP contribution in [0.1, 0.15) is 34.3 Å². The maximum atomic E-state index is 12.9. The van der Waals surface area contributed by atoms with Crippen LogP contribution in [0.3, 0.4) is 0 Å². The molecule has 1 saturated heterocycles. The lowest BCUT2D eigenvalue weighted by Gasteiger charge is -2.23. The van der Waals surface area contributed by atoms with Crippen molar-refractivity contribution in [3.05, 3.63) is 71.4 Å². The molecule has 0 saturated carbocycles. The lowest BCUT2D eigenvalue weighted by molar-refractivity contribution is 0.0931. The van der Waals surface area contributed by atoms with E-state index in [9.17, 15) is 4.79 Å². The zero-order valence-corrected chi connectivity index (χ0v) is 15.2. The van der Waals surface area contributed by atoms with Crippen LogP contribution in [-0.2, 0) is 6.54 Å². The van der Waals surface area contributed by atoms with Crippen molar-refractivity contribution in [3.8, 4) is 0 Å². The van der Waals surface area contributed by atoms with Crippen molar-refractivity contribution >= 4 is 16.8 Å². The van der Waals surface area contributed by atoms with E-state index in [1.165, 1.54) is 11.1 Å². The van der Waals surface area contributed by atoms with Crippen LogP contribution in [0.15, 0.2) is 54.7 Å². The minimum absolute atomic E-state index is 0.0377. The Morgan fingerprint density at radius 1 is 1.12 bits per heavy atom. The fraction of sp³-hybridized carbons (Fsp3) is 0.318. The highest BCUT2D eigenvalue weighted by atomic mass is 16.1. The van der Waals surface area contributed by atoms with Crippen molar-refractivity contribution in [2.75, 3.05) is 13.1 Å². The molecular formula is C22H25N3O. The second-order valence-electron chi connectivity index (χ2n) is 7.17. The number of aromatic nitrogens is 1. The Labute approximate surface area is 154 Å². The summed E-state index contributed by atoms with van der Waals surface area (Å²) in [5, 5.41) is 7.58. The third-order valence-corrected chi connectivity index (χ3v) is 5.18. The number of carbonyl (C=O) groups is 1. The van der Waals surface area contributed by atoms with Crippen LogP contribution in [0.4, 0.5) is 0 Å². The highest BCUT2D eigenvalue weighted by Crippen LogP contribution is 2.23. The molecule has 0 bridgehead atoms. The summed E-state index contributed by atoms with van der Waals surface area (Å²) in [7, 11) is 0. The van der Waals surface area contributed by atoms with Crippen LogP contribution >= 0.6 is 0 Å². The summed E-state index contributed by atoms with van der Waals surface area (Å²) in [6.45, 7) is 4.81. The quantitative estimate of drug-likeness (QED) is 0.759. The van der Waals surface area contributed by atoms with Gasteiger partial charge in [0.05, 0.1) is 5.56 Å². The monoisotopic (exact) mass is 347 g/mol. The first-order valence-corrected chi connectivity index (χ1v) is 9.36. The van der Waals surface area contributed by atoms with E-state index in [-0.39, 0.29) is 11.9 Å². The van der Waals surface area contributed by atoms with Gasteiger partial charge in [0.25, 0.3) is 5.91 Å². The highest BCUT2D eigenvalue weighted by molar-refractivity contribution is 6.07. The number of nitrogens with zero attached hydrogens (tertiary/aromatic N) is 1. The standard InChI is InChI=1S/C22H25N3O/c1-16-6-8-17(9-7-16)14-25-15-20(19-4-2-3-5-21(19)25)22(26)24-18-10-12-23-13-11-18/h2-9,15,18,23H,10-14H2,1H3,(H,24,26). The molecule has 1 aliphatic heterocycles. The van der Waals surface area contributed by atoms with Crippen LogP contribution in [0, 0.1) is 6.92 Å². The van der Waals surface area contributed by atoms with E-state index >= 15 is 0 Å². The fourth-order valence-corrected chi connectivity index (χ4v) is 3.68. The average Bonchev–Trinajstić information content (AvgIpc) is 3.03. The number of benzene rings is 2. The van der Waals surface area contributed by atoms with Crippen LogP contribution in [-0.4, -0.2) is 29.6 Å². The zero-order chi connectivity index (χ0) is 17.9. The van der Waals surface area contributed by atoms with Gasteiger partial charge < -0.3 is 15.2 Å². The predicted octanol–water partition coefficient (Wildman–Crippen LogP) is 3.48. The van der Waals surface area contributed by atoms with Crippen LogP contribution < -0.4 is 10.6 Å². The lowest BCUT2D eigenvalue weighted by atomic mass is 10.1. The van der Waals surface area contributed by atoms with E-state index < -0.39 is 0 Å². The molecule has 0 atom stereocenters. The summed E-state index contributed by atoms with van der Waals surface area (Å²) in [5.41, 5.74) is 4.37. The third kappa shape index (κ3) is 3.51. The molecular weight excluding hydrogens is 322 g/mol. The molecule has 0 aliphatic carbocycles. The summed E-state index contributed by atoms with van der Waals surface area (Å²) >= 11 is 0. The molecule has 0 unspecified atom stereocenters. The first kappa shape index (κ1) is 16.9.